The standard InChI is InChI=1S/C14H12BrCl2N/c15-11-3-1-2-9(4-11)5-14(18)10-6-12(16)8-13(17)7-10/h1-4,6-8,14H,5,18H2. The van der Waals surface area contributed by atoms with E-state index in [4.69, 9.17) is 28.9 Å². The molecule has 0 saturated heterocycles. The molecule has 2 N–H and O–H groups in total. The van der Waals surface area contributed by atoms with E-state index in [-0.39, 0.29) is 6.04 Å². The molecule has 1 nitrogen and oxygen atoms in total. The summed E-state index contributed by atoms with van der Waals surface area (Å²) in [4.78, 5) is 0. The van der Waals surface area contributed by atoms with Crippen molar-refractivity contribution in [3.8, 4) is 0 Å². The fourth-order valence-corrected chi connectivity index (χ4v) is 2.81. The second kappa shape index (κ2) is 6.07. The van der Waals surface area contributed by atoms with Crippen molar-refractivity contribution in [3.63, 3.8) is 0 Å². The van der Waals surface area contributed by atoms with E-state index in [1.54, 1.807) is 6.07 Å². The summed E-state index contributed by atoms with van der Waals surface area (Å²) in [5.74, 6) is 0. The van der Waals surface area contributed by atoms with E-state index in [2.05, 4.69) is 28.1 Å². The fraction of sp³-hybridized carbons (Fsp3) is 0.143. The van der Waals surface area contributed by atoms with E-state index in [1.165, 1.54) is 5.56 Å². The molecule has 0 radical (unpaired) electrons. The minimum Gasteiger partial charge on any atom is -0.324 e. The SMILES string of the molecule is NC(Cc1cccc(Br)c1)c1cc(Cl)cc(Cl)c1. The molecule has 1 unspecified atom stereocenters. The quantitative estimate of drug-likeness (QED) is 0.833. The molecule has 0 fully saturated rings. The second-order valence-electron chi connectivity index (χ2n) is 4.14. The third-order valence-corrected chi connectivity index (χ3v) is 3.59. The highest BCUT2D eigenvalue weighted by molar-refractivity contribution is 9.10. The van der Waals surface area contributed by atoms with Gasteiger partial charge in [0.1, 0.15) is 0 Å². The van der Waals surface area contributed by atoms with Crippen molar-refractivity contribution in [2.24, 2.45) is 5.73 Å². The zero-order chi connectivity index (χ0) is 13.1. The van der Waals surface area contributed by atoms with Gasteiger partial charge < -0.3 is 5.73 Å². The van der Waals surface area contributed by atoms with Gasteiger partial charge in [-0.1, -0.05) is 51.3 Å². The number of halogens is 3. The number of benzene rings is 2. The van der Waals surface area contributed by atoms with E-state index < -0.39 is 0 Å². The molecule has 2 aromatic rings. The molecule has 0 aromatic heterocycles. The van der Waals surface area contributed by atoms with Crippen LogP contribution in [0, 0.1) is 0 Å². The maximum atomic E-state index is 6.18. The zero-order valence-corrected chi connectivity index (χ0v) is 12.6. The van der Waals surface area contributed by atoms with E-state index >= 15 is 0 Å². The fourth-order valence-electron chi connectivity index (χ4n) is 1.82. The first-order valence-corrected chi connectivity index (χ1v) is 7.05. The average molecular weight is 345 g/mol. The van der Waals surface area contributed by atoms with Crippen LogP contribution in [0.4, 0.5) is 0 Å². The van der Waals surface area contributed by atoms with Gasteiger partial charge in [-0.25, -0.2) is 0 Å². The minimum atomic E-state index is -0.115. The summed E-state index contributed by atoms with van der Waals surface area (Å²) in [5.41, 5.74) is 8.31. The van der Waals surface area contributed by atoms with Crippen molar-refractivity contribution < 1.29 is 0 Å². The lowest BCUT2D eigenvalue weighted by Crippen LogP contribution is -2.13. The van der Waals surface area contributed by atoms with Gasteiger partial charge >= 0.3 is 0 Å². The summed E-state index contributed by atoms with van der Waals surface area (Å²) in [6.07, 6.45) is 0.746. The van der Waals surface area contributed by atoms with Crippen LogP contribution in [-0.2, 0) is 6.42 Å². The molecule has 0 heterocycles. The number of nitrogens with two attached hydrogens (primary N) is 1. The van der Waals surface area contributed by atoms with Gasteiger partial charge in [0, 0.05) is 20.6 Å². The summed E-state index contributed by atoms with van der Waals surface area (Å²) in [7, 11) is 0. The van der Waals surface area contributed by atoms with Crippen LogP contribution in [0.25, 0.3) is 0 Å². The van der Waals surface area contributed by atoms with Crippen LogP contribution >= 0.6 is 39.1 Å². The Bertz CT molecular complexity index is 537. The van der Waals surface area contributed by atoms with Crippen LogP contribution in [0.1, 0.15) is 17.2 Å². The summed E-state index contributed by atoms with van der Waals surface area (Å²) >= 11 is 15.4. The lowest BCUT2D eigenvalue weighted by atomic mass is 10.00. The topological polar surface area (TPSA) is 26.0 Å². The first-order chi connectivity index (χ1) is 8.54. The Hall–Kier alpha value is -0.540. The third kappa shape index (κ3) is 3.72. The zero-order valence-electron chi connectivity index (χ0n) is 9.54. The van der Waals surface area contributed by atoms with Gasteiger partial charge in [0.25, 0.3) is 0 Å². The van der Waals surface area contributed by atoms with Gasteiger partial charge in [-0.15, -0.1) is 0 Å². The molecule has 0 bridgehead atoms. The molecule has 94 valence electrons. The average Bonchev–Trinajstić information content (AvgIpc) is 2.27. The molecule has 0 spiro atoms. The smallest absolute Gasteiger partial charge is 0.0424 e. The highest BCUT2D eigenvalue weighted by Crippen LogP contribution is 2.25. The Morgan fingerprint density at radius 2 is 1.72 bits per heavy atom. The van der Waals surface area contributed by atoms with E-state index in [9.17, 15) is 0 Å². The van der Waals surface area contributed by atoms with Gasteiger partial charge in [-0.2, -0.15) is 0 Å². The normalized spacial score (nSPS) is 12.4. The summed E-state index contributed by atoms with van der Waals surface area (Å²) in [6, 6.07) is 13.4. The van der Waals surface area contributed by atoms with Crippen LogP contribution in [0.2, 0.25) is 10.0 Å². The Morgan fingerprint density at radius 3 is 2.33 bits per heavy atom. The lowest BCUT2D eigenvalue weighted by Gasteiger charge is -2.13. The Labute approximate surface area is 125 Å². The molecule has 18 heavy (non-hydrogen) atoms. The van der Waals surface area contributed by atoms with Crippen LogP contribution in [0.3, 0.4) is 0 Å². The van der Waals surface area contributed by atoms with Crippen LogP contribution < -0.4 is 5.73 Å². The highest BCUT2D eigenvalue weighted by atomic mass is 79.9. The highest BCUT2D eigenvalue weighted by Gasteiger charge is 2.09. The Morgan fingerprint density at radius 1 is 1.06 bits per heavy atom. The Balaban J connectivity index is 2.19. The molecule has 0 aliphatic rings. The van der Waals surface area contributed by atoms with Crippen molar-refractivity contribution >= 4 is 39.1 Å². The van der Waals surface area contributed by atoms with E-state index in [0.717, 1.165) is 16.5 Å². The maximum absolute atomic E-state index is 6.18. The predicted octanol–water partition coefficient (Wildman–Crippen LogP) is 5.00. The molecule has 0 saturated carbocycles. The number of hydrogen-bond acceptors (Lipinski definition) is 1. The van der Waals surface area contributed by atoms with Crippen LogP contribution in [-0.4, -0.2) is 0 Å². The number of hydrogen-bond donors (Lipinski definition) is 1. The molecule has 0 amide bonds. The minimum absolute atomic E-state index is 0.115. The first-order valence-electron chi connectivity index (χ1n) is 5.50. The van der Waals surface area contributed by atoms with E-state index in [1.807, 2.05) is 24.3 Å². The third-order valence-electron chi connectivity index (χ3n) is 2.66. The van der Waals surface area contributed by atoms with E-state index in [0.29, 0.717) is 10.0 Å². The molecule has 2 aromatic carbocycles. The summed E-state index contributed by atoms with van der Waals surface area (Å²) < 4.78 is 1.05. The Kier molecular flexibility index (Phi) is 4.68. The number of rotatable bonds is 3. The summed E-state index contributed by atoms with van der Waals surface area (Å²) in [6.45, 7) is 0. The molecule has 1 atom stereocenters. The van der Waals surface area contributed by atoms with Gasteiger partial charge in [0.05, 0.1) is 0 Å². The van der Waals surface area contributed by atoms with Crippen LogP contribution in [0.15, 0.2) is 46.9 Å². The molecular formula is C14H12BrCl2N. The van der Waals surface area contributed by atoms with Gasteiger partial charge in [0.2, 0.25) is 0 Å². The van der Waals surface area contributed by atoms with Crippen molar-refractivity contribution in [2.75, 3.05) is 0 Å². The molecule has 4 heteroatoms. The molecule has 2 rings (SSSR count). The van der Waals surface area contributed by atoms with Crippen molar-refractivity contribution in [2.45, 2.75) is 12.5 Å². The molecular weight excluding hydrogens is 333 g/mol. The predicted molar refractivity (Wildman–Crippen MR) is 81.2 cm³/mol. The monoisotopic (exact) mass is 343 g/mol. The van der Waals surface area contributed by atoms with Crippen molar-refractivity contribution in [3.05, 3.63) is 68.1 Å². The second-order valence-corrected chi connectivity index (χ2v) is 5.93. The van der Waals surface area contributed by atoms with Crippen molar-refractivity contribution in [1.29, 1.82) is 0 Å². The lowest BCUT2D eigenvalue weighted by molar-refractivity contribution is 0.722. The summed E-state index contributed by atoms with van der Waals surface area (Å²) in [5, 5.41) is 1.23. The van der Waals surface area contributed by atoms with Crippen LogP contribution in [0.5, 0.6) is 0 Å². The van der Waals surface area contributed by atoms with Gasteiger partial charge in [-0.3, -0.25) is 0 Å². The van der Waals surface area contributed by atoms with Gasteiger partial charge in [-0.05, 0) is 47.9 Å². The first kappa shape index (κ1) is 13.9. The van der Waals surface area contributed by atoms with Crippen molar-refractivity contribution in [1.82, 2.24) is 0 Å². The maximum Gasteiger partial charge on any atom is 0.0424 e. The molecule has 0 aliphatic carbocycles. The largest absolute Gasteiger partial charge is 0.324 e. The van der Waals surface area contributed by atoms with Gasteiger partial charge in [0.15, 0.2) is 0 Å². The molecule has 0 aliphatic heterocycles.